The van der Waals surface area contributed by atoms with E-state index in [0.29, 0.717) is 6.42 Å². The Bertz CT molecular complexity index is 1440. The number of carbonyl (C=O) groups is 1. The Hall–Kier alpha value is -2.79. The zero-order chi connectivity index (χ0) is 30.6. The van der Waals surface area contributed by atoms with Crippen LogP contribution in [0, 0.1) is 36.2 Å². The molecule has 222 valence electrons. The van der Waals surface area contributed by atoms with Gasteiger partial charge in [-0.1, -0.05) is 32.4 Å². The van der Waals surface area contributed by atoms with Crippen LogP contribution in [0.25, 0.3) is 0 Å². The van der Waals surface area contributed by atoms with E-state index in [2.05, 4.69) is 10.3 Å². The summed E-state index contributed by atoms with van der Waals surface area (Å²) < 4.78 is 54.4. The van der Waals surface area contributed by atoms with Crippen LogP contribution >= 0.6 is 11.6 Å². The molecule has 0 aliphatic carbocycles. The van der Waals surface area contributed by atoms with E-state index in [9.17, 15) is 32.4 Å². The molecule has 0 fully saturated rings. The minimum absolute atomic E-state index is 0.0457. The summed E-state index contributed by atoms with van der Waals surface area (Å²) in [7, 11) is -1.73. The number of carbonyl (C=O) groups excluding carboxylic acids is 1. The second-order valence-corrected chi connectivity index (χ2v) is 12.7. The summed E-state index contributed by atoms with van der Waals surface area (Å²) >= 11 is 6.40. The Balaban J connectivity index is 1.86. The molecule has 5 atom stereocenters. The highest BCUT2D eigenvalue weighted by Gasteiger charge is 2.43. The van der Waals surface area contributed by atoms with E-state index in [1.807, 2.05) is 20.8 Å². The molecule has 0 radical (unpaired) electrons. The highest BCUT2D eigenvalue weighted by molar-refractivity contribution is 7.85. The van der Waals surface area contributed by atoms with Crippen molar-refractivity contribution >= 4 is 34.0 Å². The second-order valence-electron chi connectivity index (χ2n) is 10.6. The van der Waals surface area contributed by atoms with Crippen molar-refractivity contribution in [3.05, 3.63) is 88.0 Å². The van der Waals surface area contributed by atoms with Gasteiger partial charge in [-0.05, 0) is 81.0 Å². The number of rotatable bonds is 11. The molecule has 1 heterocycles. The van der Waals surface area contributed by atoms with Gasteiger partial charge < -0.3 is 15.5 Å². The molecule has 11 heteroatoms. The van der Waals surface area contributed by atoms with E-state index >= 15 is 0 Å². The molecule has 0 spiro atoms. The molecule has 41 heavy (non-hydrogen) atoms. The Morgan fingerprint density at radius 3 is 2.32 bits per heavy atom. The summed E-state index contributed by atoms with van der Waals surface area (Å²) in [6.07, 6.45) is -0.781. The predicted molar refractivity (Wildman–Crippen MR) is 154 cm³/mol. The van der Waals surface area contributed by atoms with Gasteiger partial charge in [0.1, 0.15) is 11.9 Å². The summed E-state index contributed by atoms with van der Waals surface area (Å²) in [5, 5.41) is 24.8. The van der Waals surface area contributed by atoms with Gasteiger partial charge in [0.15, 0.2) is 11.6 Å². The number of nitrogens with one attached hydrogen (secondary N) is 1. The van der Waals surface area contributed by atoms with Crippen LogP contribution < -0.4 is 5.32 Å². The van der Waals surface area contributed by atoms with Crippen molar-refractivity contribution in [3.63, 3.8) is 0 Å². The van der Waals surface area contributed by atoms with Crippen LogP contribution in [-0.4, -0.2) is 36.2 Å². The molecular formula is C30H34ClF3N2O4S. The molecule has 0 saturated heterocycles. The molecule has 5 unspecified atom stereocenters. The van der Waals surface area contributed by atoms with Crippen molar-refractivity contribution < 1.29 is 32.4 Å². The van der Waals surface area contributed by atoms with Crippen LogP contribution in [0.4, 0.5) is 18.9 Å². The number of aliphatic hydroxyl groups excluding tert-OH is 1. The third-order valence-electron chi connectivity index (χ3n) is 7.29. The highest BCUT2D eigenvalue weighted by Crippen LogP contribution is 2.40. The molecular weight excluding hydrogens is 577 g/mol. The normalized spacial score (nSPS) is 16.1. The first-order valence-electron chi connectivity index (χ1n) is 13.2. The first-order chi connectivity index (χ1) is 19.2. The van der Waals surface area contributed by atoms with Gasteiger partial charge in [0.25, 0.3) is 5.91 Å². The Morgan fingerprint density at radius 1 is 1.07 bits per heavy atom. The van der Waals surface area contributed by atoms with Crippen molar-refractivity contribution in [2.75, 3.05) is 5.32 Å². The molecule has 1 aromatic heterocycles. The quantitative estimate of drug-likeness (QED) is 0.223. The standard InChI is InChI=1S/C30H34ClF3N2O4S/c1-6-20(15-21(16(2)3)30(5,39)28(37)26-12-11-23(32)17(4)35-26)41(40)27-13-18(7-9-22(27)31)29(38)36-19-8-10-24(33)25(34)14-19/h7-14,16,20-21,28,37,39H,6,15H2,1-5H3,(H,36,38). The van der Waals surface area contributed by atoms with Gasteiger partial charge in [0, 0.05) is 22.6 Å². The average molecular weight is 611 g/mol. The van der Waals surface area contributed by atoms with Crippen LogP contribution in [-0.2, 0) is 10.8 Å². The fraction of sp³-hybridized carbons (Fsp3) is 0.400. The minimum Gasteiger partial charge on any atom is -0.387 e. The van der Waals surface area contributed by atoms with Crippen molar-refractivity contribution in [1.29, 1.82) is 0 Å². The smallest absolute Gasteiger partial charge is 0.255 e. The van der Waals surface area contributed by atoms with Gasteiger partial charge in [0.05, 0.1) is 37.7 Å². The van der Waals surface area contributed by atoms with Gasteiger partial charge in [0.2, 0.25) is 0 Å². The zero-order valence-corrected chi connectivity index (χ0v) is 25.0. The van der Waals surface area contributed by atoms with Crippen LogP contribution in [0.3, 0.4) is 0 Å². The van der Waals surface area contributed by atoms with Crippen LogP contribution in [0.15, 0.2) is 53.4 Å². The van der Waals surface area contributed by atoms with Gasteiger partial charge in [-0.25, -0.2) is 13.2 Å². The molecule has 1 amide bonds. The molecule has 0 aliphatic rings. The summed E-state index contributed by atoms with van der Waals surface area (Å²) in [5.74, 6) is -4.04. The Labute approximate surface area is 245 Å². The number of pyridine rings is 1. The molecule has 0 bridgehead atoms. The largest absolute Gasteiger partial charge is 0.387 e. The lowest BCUT2D eigenvalue weighted by Gasteiger charge is -2.40. The Kier molecular flexibility index (Phi) is 10.7. The lowest BCUT2D eigenvalue weighted by atomic mass is 9.73. The van der Waals surface area contributed by atoms with Gasteiger partial charge >= 0.3 is 0 Å². The van der Waals surface area contributed by atoms with Crippen LogP contribution in [0.5, 0.6) is 0 Å². The fourth-order valence-corrected chi connectivity index (χ4v) is 6.74. The molecule has 3 aromatic rings. The molecule has 3 N–H and O–H groups in total. The van der Waals surface area contributed by atoms with E-state index < -0.39 is 57.0 Å². The molecule has 0 aliphatic heterocycles. The third-order valence-corrected chi connectivity index (χ3v) is 9.64. The number of amides is 1. The lowest BCUT2D eigenvalue weighted by molar-refractivity contribution is -0.119. The fourth-order valence-electron chi connectivity index (χ4n) is 4.85. The maximum atomic E-state index is 13.8. The van der Waals surface area contributed by atoms with Gasteiger partial charge in [-0.2, -0.15) is 0 Å². The molecule has 3 rings (SSSR count). The van der Waals surface area contributed by atoms with E-state index in [0.717, 1.165) is 12.1 Å². The summed E-state index contributed by atoms with van der Waals surface area (Å²) in [4.78, 5) is 17.1. The number of aryl methyl sites for hydroxylation is 1. The lowest BCUT2D eigenvalue weighted by Crippen LogP contribution is -2.45. The van der Waals surface area contributed by atoms with Gasteiger partial charge in [-0.3, -0.25) is 14.0 Å². The van der Waals surface area contributed by atoms with Gasteiger partial charge in [-0.15, -0.1) is 0 Å². The monoisotopic (exact) mass is 610 g/mol. The van der Waals surface area contributed by atoms with Crippen LogP contribution in [0.1, 0.15) is 68.4 Å². The first-order valence-corrected chi connectivity index (χ1v) is 14.8. The van der Waals surface area contributed by atoms with E-state index in [4.69, 9.17) is 11.6 Å². The number of nitrogens with zero attached hydrogens (tertiary/aromatic N) is 1. The van der Waals surface area contributed by atoms with E-state index in [-0.39, 0.29) is 44.9 Å². The number of halogens is 4. The van der Waals surface area contributed by atoms with Crippen molar-refractivity contribution in [3.8, 4) is 0 Å². The maximum Gasteiger partial charge on any atom is 0.255 e. The second kappa shape index (κ2) is 13.5. The number of hydrogen-bond donors (Lipinski definition) is 3. The topological polar surface area (TPSA) is 99.5 Å². The third kappa shape index (κ3) is 7.54. The van der Waals surface area contributed by atoms with E-state index in [1.54, 1.807) is 0 Å². The first kappa shape index (κ1) is 32.7. The number of anilines is 1. The van der Waals surface area contributed by atoms with E-state index in [1.165, 1.54) is 50.2 Å². The summed E-state index contributed by atoms with van der Waals surface area (Å²) in [5.41, 5.74) is -1.34. The van der Waals surface area contributed by atoms with Crippen LogP contribution in [0.2, 0.25) is 5.02 Å². The summed E-state index contributed by atoms with van der Waals surface area (Å²) in [6.45, 7) is 8.53. The summed E-state index contributed by atoms with van der Waals surface area (Å²) in [6, 6.07) is 9.72. The van der Waals surface area contributed by atoms with Crippen molar-refractivity contribution in [2.45, 2.75) is 69.3 Å². The van der Waals surface area contributed by atoms with Crippen molar-refractivity contribution in [2.24, 2.45) is 11.8 Å². The molecule has 2 aromatic carbocycles. The minimum atomic E-state index is -1.73. The number of benzene rings is 2. The molecule has 0 saturated carbocycles. The predicted octanol–water partition coefficient (Wildman–Crippen LogP) is 6.75. The number of aromatic nitrogens is 1. The average Bonchev–Trinajstić information content (AvgIpc) is 2.92. The number of aliphatic hydroxyl groups is 2. The number of hydrogen-bond acceptors (Lipinski definition) is 5. The SMILES string of the molecule is CCC(CC(C(C)C)C(C)(O)C(O)c1ccc(F)c(C)n1)S(=O)c1cc(C(=O)Nc2ccc(F)c(F)c2)ccc1Cl. The maximum absolute atomic E-state index is 13.8. The highest BCUT2D eigenvalue weighted by atomic mass is 35.5. The Morgan fingerprint density at radius 2 is 1.73 bits per heavy atom. The zero-order valence-electron chi connectivity index (χ0n) is 23.4. The van der Waals surface area contributed by atoms with Crippen molar-refractivity contribution in [1.82, 2.24) is 4.98 Å². The molecule has 6 nitrogen and oxygen atoms in total.